The molecule has 1 unspecified atom stereocenters. The molecular weight excluding hydrogens is 172 g/mol. The van der Waals surface area contributed by atoms with E-state index in [4.69, 9.17) is 0 Å². The average molecular weight is 198 g/mol. The molecule has 0 aromatic rings. The SMILES string of the molecule is CN=CN(C)CCCC(C)CC(C)C. The van der Waals surface area contributed by atoms with Gasteiger partial charge in [0.1, 0.15) is 0 Å². The minimum Gasteiger partial charge on any atom is -0.366 e. The van der Waals surface area contributed by atoms with Crippen molar-refractivity contribution in [2.24, 2.45) is 16.8 Å². The van der Waals surface area contributed by atoms with Crippen molar-refractivity contribution >= 4 is 6.34 Å². The van der Waals surface area contributed by atoms with E-state index in [1.807, 2.05) is 13.4 Å². The van der Waals surface area contributed by atoms with E-state index in [0.717, 1.165) is 18.4 Å². The van der Waals surface area contributed by atoms with Crippen LogP contribution in [0.1, 0.15) is 40.0 Å². The van der Waals surface area contributed by atoms with Gasteiger partial charge in [-0.15, -0.1) is 0 Å². The van der Waals surface area contributed by atoms with Crippen molar-refractivity contribution in [3.63, 3.8) is 0 Å². The van der Waals surface area contributed by atoms with E-state index in [1.54, 1.807) is 0 Å². The van der Waals surface area contributed by atoms with Gasteiger partial charge in [0.15, 0.2) is 0 Å². The van der Waals surface area contributed by atoms with Crippen LogP contribution in [0.15, 0.2) is 4.99 Å². The summed E-state index contributed by atoms with van der Waals surface area (Å²) in [7, 11) is 3.90. The average Bonchev–Trinajstić information content (AvgIpc) is 2.02. The summed E-state index contributed by atoms with van der Waals surface area (Å²) < 4.78 is 0. The highest BCUT2D eigenvalue weighted by Crippen LogP contribution is 2.15. The summed E-state index contributed by atoms with van der Waals surface area (Å²) in [4.78, 5) is 6.14. The minimum absolute atomic E-state index is 0.833. The molecule has 0 aliphatic rings. The molecule has 0 saturated heterocycles. The maximum absolute atomic E-state index is 3.98. The van der Waals surface area contributed by atoms with Crippen LogP contribution in [0.3, 0.4) is 0 Å². The van der Waals surface area contributed by atoms with Gasteiger partial charge in [-0.2, -0.15) is 0 Å². The Bertz CT molecular complexity index is 152. The maximum Gasteiger partial charge on any atom is 0.0843 e. The normalized spacial score (nSPS) is 13.9. The molecule has 0 fully saturated rings. The molecular formula is C12H26N2. The predicted molar refractivity (Wildman–Crippen MR) is 64.9 cm³/mol. The fourth-order valence-corrected chi connectivity index (χ4v) is 1.87. The van der Waals surface area contributed by atoms with Crippen LogP contribution in [0, 0.1) is 11.8 Å². The molecule has 0 aliphatic carbocycles. The Morgan fingerprint density at radius 1 is 1.29 bits per heavy atom. The molecule has 0 spiro atoms. The third-order valence-corrected chi connectivity index (χ3v) is 2.39. The quantitative estimate of drug-likeness (QED) is 0.453. The minimum atomic E-state index is 0.833. The maximum atomic E-state index is 3.98. The Hall–Kier alpha value is -0.530. The van der Waals surface area contributed by atoms with Crippen LogP contribution >= 0.6 is 0 Å². The third kappa shape index (κ3) is 8.09. The van der Waals surface area contributed by atoms with Crippen LogP contribution in [0.25, 0.3) is 0 Å². The van der Waals surface area contributed by atoms with Gasteiger partial charge in [0.2, 0.25) is 0 Å². The van der Waals surface area contributed by atoms with Crippen molar-refractivity contribution < 1.29 is 0 Å². The first-order valence-electron chi connectivity index (χ1n) is 5.68. The van der Waals surface area contributed by atoms with E-state index in [-0.39, 0.29) is 0 Å². The topological polar surface area (TPSA) is 15.6 Å². The predicted octanol–water partition coefficient (Wildman–Crippen LogP) is 3.04. The van der Waals surface area contributed by atoms with Crippen molar-refractivity contribution in [2.45, 2.75) is 40.0 Å². The molecule has 0 rings (SSSR count). The van der Waals surface area contributed by atoms with Gasteiger partial charge < -0.3 is 4.90 Å². The second-order valence-corrected chi connectivity index (χ2v) is 4.73. The van der Waals surface area contributed by atoms with Crippen LogP contribution in [0.4, 0.5) is 0 Å². The lowest BCUT2D eigenvalue weighted by atomic mass is 9.95. The second-order valence-electron chi connectivity index (χ2n) is 4.73. The molecule has 0 bridgehead atoms. The highest BCUT2D eigenvalue weighted by Gasteiger charge is 2.04. The van der Waals surface area contributed by atoms with Gasteiger partial charge in [-0.05, 0) is 31.1 Å². The highest BCUT2D eigenvalue weighted by atomic mass is 15.1. The van der Waals surface area contributed by atoms with Crippen molar-refractivity contribution in [3.05, 3.63) is 0 Å². The monoisotopic (exact) mass is 198 g/mol. The highest BCUT2D eigenvalue weighted by molar-refractivity contribution is 5.53. The first-order chi connectivity index (χ1) is 6.56. The van der Waals surface area contributed by atoms with E-state index in [1.165, 1.54) is 19.3 Å². The third-order valence-electron chi connectivity index (χ3n) is 2.39. The lowest BCUT2D eigenvalue weighted by molar-refractivity contribution is 0.382. The molecule has 84 valence electrons. The van der Waals surface area contributed by atoms with E-state index in [0.29, 0.717) is 0 Å². The van der Waals surface area contributed by atoms with Crippen LogP contribution in [0.5, 0.6) is 0 Å². The lowest BCUT2D eigenvalue weighted by Gasteiger charge is -2.16. The molecule has 2 heteroatoms. The molecule has 0 aliphatic heterocycles. The van der Waals surface area contributed by atoms with Gasteiger partial charge in [-0.25, -0.2) is 0 Å². The van der Waals surface area contributed by atoms with Crippen LogP contribution in [0.2, 0.25) is 0 Å². The van der Waals surface area contributed by atoms with E-state index >= 15 is 0 Å². The molecule has 0 aromatic heterocycles. The molecule has 0 N–H and O–H groups in total. The van der Waals surface area contributed by atoms with Crippen molar-refractivity contribution in [1.82, 2.24) is 4.90 Å². The fraction of sp³-hybridized carbons (Fsp3) is 0.917. The van der Waals surface area contributed by atoms with Gasteiger partial charge in [0.25, 0.3) is 0 Å². The standard InChI is InChI=1S/C12H26N2/c1-11(2)9-12(3)7-6-8-14(5)10-13-4/h10-12H,6-9H2,1-5H3. The van der Waals surface area contributed by atoms with Crippen molar-refractivity contribution in [3.8, 4) is 0 Å². The number of nitrogens with zero attached hydrogens (tertiary/aromatic N) is 2. The zero-order valence-electron chi connectivity index (χ0n) is 10.5. The Morgan fingerprint density at radius 3 is 2.43 bits per heavy atom. The molecule has 0 radical (unpaired) electrons. The van der Waals surface area contributed by atoms with Gasteiger partial charge in [0, 0.05) is 20.6 Å². The number of aliphatic imine (C=N–C) groups is 1. The summed E-state index contributed by atoms with van der Waals surface area (Å²) in [6.45, 7) is 8.08. The summed E-state index contributed by atoms with van der Waals surface area (Å²) in [5, 5.41) is 0. The molecule has 0 heterocycles. The molecule has 14 heavy (non-hydrogen) atoms. The lowest BCUT2D eigenvalue weighted by Crippen LogP contribution is -2.18. The number of hydrogen-bond donors (Lipinski definition) is 0. The second kappa shape index (κ2) is 7.84. The van der Waals surface area contributed by atoms with Crippen molar-refractivity contribution in [1.29, 1.82) is 0 Å². The number of rotatable bonds is 7. The molecule has 0 amide bonds. The number of hydrogen-bond acceptors (Lipinski definition) is 1. The van der Waals surface area contributed by atoms with Gasteiger partial charge in [-0.1, -0.05) is 20.8 Å². The van der Waals surface area contributed by atoms with Crippen LogP contribution < -0.4 is 0 Å². The van der Waals surface area contributed by atoms with Crippen LogP contribution in [-0.2, 0) is 0 Å². The first kappa shape index (κ1) is 13.5. The zero-order valence-corrected chi connectivity index (χ0v) is 10.5. The van der Waals surface area contributed by atoms with Gasteiger partial charge >= 0.3 is 0 Å². The Balaban J connectivity index is 3.43. The summed E-state index contributed by atoms with van der Waals surface area (Å²) in [6, 6.07) is 0. The summed E-state index contributed by atoms with van der Waals surface area (Å²) in [6.07, 6.45) is 5.86. The molecule has 0 saturated carbocycles. The summed E-state index contributed by atoms with van der Waals surface area (Å²) in [5.41, 5.74) is 0. The van der Waals surface area contributed by atoms with Crippen molar-refractivity contribution in [2.75, 3.05) is 20.6 Å². The molecule has 1 atom stereocenters. The van der Waals surface area contributed by atoms with E-state index < -0.39 is 0 Å². The van der Waals surface area contributed by atoms with Gasteiger partial charge in [0.05, 0.1) is 6.34 Å². The van der Waals surface area contributed by atoms with Crippen LogP contribution in [-0.4, -0.2) is 31.9 Å². The zero-order chi connectivity index (χ0) is 11.0. The van der Waals surface area contributed by atoms with E-state index in [2.05, 4.69) is 37.7 Å². The summed E-state index contributed by atoms with van der Waals surface area (Å²) >= 11 is 0. The van der Waals surface area contributed by atoms with E-state index in [9.17, 15) is 0 Å². The van der Waals surface area contributed by atoms with Gasteiger partial charge in [-0.3, -0.25) is 4.99 Å². The smallest absolute Gasteiger partial charge is 0.0843 e. The Kier molecular flexibility index (Phi) is 7.54. The Labute approximate surface area is 89.4 Å². The first-order valence-corrected chi connectivity index (χ1v) is 5.68. The molecule has 2 nitrogen and oxygen atoms in total. The summed E-state index contributed by atoms with van der Waals surface area (Å²) in [5.74, 6) is 1.70. The molecule has 0 aromatic carbocycles. The Morgan fingerprint density at radius 2 is 1.93 bits per heavy atom. The largest absolute Gasteiger partial charge is 0.366 e. The fourth-order valence-electron chi connectivity index (χ4n) is 1.87.